The van der Waals surface area contributed by atoms with E-state index in [4.69, 9.17) is 4.42 Å². The fourth-order valence-electron chi connectivity index (χ4n) is 10.1. The van der Waals surface area contributed by atoms with Gasteiger partial charge in [-0.3, -0.25) is 0 Å². The first-order chi connectivity index (χ1) is 31.0. The largest absolute Gasteiger partial charge is 0.455 e. The first-order valence-electron chi connectivity index (χ1n) is 21.8. The zero-order valence-corrected chi connectivity index (χ0v) is 35.2. The number of nitrogens with zero attached hydrogens (tertiary/aromatic N) is 1. The van der Waals surface area contributed by atoms with Crippen LogP contribution in [-0.4, -0.2) is 0 Å². The maximum atomic E-state index is 6.95. The van der Waals surface area contributed by atoms with Gasteiger partial charge in [-0.05, 0) is 103 Å². The fraction of sp³-hybridized carbons (Fsp3) is 0.0492. The van der Waals surface area contributed by atoms with Crippen molar-refractivity contribution < 1.29 is 4.42 Å². The topological polar surface area (TPSA) is 16.4 Å². The van der Waals surface area contributed by atoms with Crippen LogP contribution in [-0.2, 0) is 5.41 Å². The molecule has 0 saturated heterocycles. The van der Waals surface area contributed by atoms with Gasteiger partial charge >= 0.3 is 0 Å². The summed E-state index contributed by atoms with van der Waals surface area (Å²) in [6.45, 7) is 4.71. The van der Waals surface area contributed by atoms with E-state index >= 15 is 0 Å². The fourth-order valence-corrected chi connectivity index (χ4v) is 10.1. The minimum atomic E-state index is -0.151. The molecule has 0 aliphatic heterocycles. The van der Waals surface area contributed by atoms with Crippen molar-refractivity contribution in [3.05, 3.63) is 236 Å². The van der Waals surface area contributed by atoms with Gasteiger partial charge in [0.1, 0.15) is 11.2 Å². The number of hydrogen-bond donors (Lipinski definition) is 0. The van der Waals surface area contributed by atoms with E-state index < -0.39 is 0 Å². The Bertz CT molecular complexity index is 3520. The lowest BCUT2D eigenvalue weighted by Gasteiger charge is -2.30. The monoisotopic (exact) mass is 805 g/mol. The lowest BCUT2D eigenvalue weighted by Crippen LogP contribution is -2.16. The van der Waals surface area contributed by atoms with Crippen molar-refractivity contribution in [2.75, 3.05) is 4.90 Å². The third-order valence-corrected chi connectivity index (χ3v) is 13.3. The number of benzene rings is 10. The lowest BCUT2D eigenvalue weighted by atomic mass is 9.82. The Balaban J connectivity index is 1.03. The highest BCUT2D eigenvalue weighted by Gasteiger charge is 2.36. The van der Waals surface area contributed by atoms with Crippen molar-refractivity contribution in [2.45, 2.75) is 19.3 Å². The van der Waals surface area contributed by atoms with E-state index in [-0.39, 0.29) is 5.41 Å². The second kappa shape index (κ2) is 14.6. The van der Waals surface area contributed by atoms with Gasteiger partial charge in [0.2, 0.25) is 0 Å². The molecule has 0 unspecified atom stereocenters. The van der Waals surface area contributed by atoms with Gasteiger partial charge in [-0.25, -0.2) is 0 Å². The van der Waals surface area contributed by atoms with E-state index in [2.05, 4.69) is 243 Å². The van der Waals surface area contributed by atoms with Gasteiger partial charge in [-0.1, -0.05) is 196 Å². The molecule has 63 heavy (non-hydrogen) atoms. The standard InChI is InChI=1S/C61H43NO/c1-61(2)56-26-13-11-22-49(56)50-37-34-46(39-57(50)61)62(45-32-28-40(29-33-45)44-31-35-47(41-16-5-3-6-17-41)55(38-44)42-18-7-4-8-19-42)58-27-14-12-23-51(58)52-24-15-25-53-54-36-30-43-20-9-10-21-48(43)59(54)63-60(52)53/h3-39H,1-2H3. The van der Waals surface area contributed by atoms with Crippen molar-refractivity contribution in [3.63, 3.8) is 0 Å². The van der Waals surface area contributed by atoms with Gasteiger partial charge in [-0.15, -0.1) is 0 Å². The molecule has 1 heterocycles. The zero-order chi connectivity index (χ0) is 42.1. The smallest absolute Gasteiger partial charge is 0.143 e. The molecule has 0 amide bonds. The van der Waals surface area contributed by atoms with Gasteiger partial charge < -0.3 is 9.32 Å². The average molecular weight is 806 g/mol. The molecule has 0 radical (unpaired) electrons. The van der Waals surface area contributed by atoms with Crippen molar-refractivity contribution >= 4 is 49.8 Å². The van der Waals surface area contributed by atoms with Crippen molar-refractivity contribution in [1.82, 2.24) is 0 Å². The maximum Gasteiger partial charge on any atom is 0.143 e. The SMILES string of the molecule is CC1(C)c2ccccc2-c2ccc(N(c3ccc(-c4ccc(-c5ccccc5)c(-c5ccccc5)c4)cc3)c3ccccc3-c3cccc4c3oc3c5ccccc5ccc43)cc21. The summed E-state index contributed by atoms with van der Waals surface area (Å²) < 4.78 is 6.95. The van der Waals surface area contributed by atoms with E-state index in [9.17, 15) is 0 Å². The highest BCUT2D eigenvalue weighted by molar-refractivity contribution is 6.17. The molecule has 1 aromatic heterocycles. The summed E-state index contributed by atoms with van der Waals surface area (Å²) >= 11 is 0. The van der Waals surface area contributed by atoms with Crippen LogP contribution < -0.4 is 4.90 Å². The minimum Gasteiger partial charge on any atom is -0.455 e. The predicted octanol–water partition coefficient (Wildman–Crippen LogP) is 17.2. The van der Waals surface area contributed by atoms with Crippen LogP contribution >= 0.6 is 0 Å². The molecule has 0 N–H and O–H groups in total. The lowest BCUT2D eigenvalue weighted by molar-refractivity contribution is 0.660. The predicted molar refractivity (Wildman–Crippen MR) is 265 cm³/mol. The summed E-state index contributed by atoms with van der Waals surface area (Å²) in [6.07, 6.45) is 0. The minimum absolute atomic E-state index is 0.151. The van der Waals surface area contributed by atoms with E-state index in [0.717, 1.165) is 61.1 Å². The second-order valence-corrected chi connectivity index (χ2v) is 17.2. The number of rotatable bonds is 7. The van der Waals surface area contributed by atoms with E-state index in [1.54, 1.807) is 0 Å². The summed E-state index contributed by atoms with van der Waals surface area (Å²) in [4.78, 5) is 2.43. The molecule has 298 valence electrons. The summed E-state index contributed by atoms with van der Waals surface area (Å²) in [5, 5.41) is 4.54. The van der Waals surface area contributed by atoms with Crippen LogP contribution in [0.15, 0.2) is 229 Å². The van der Waals surface area contributed by atoms with Crippen molar-refractivity contribution in [3.8, 4) is 55.6 Å². The number of para-hydroxylation sites is 2. The average Bonchev–Trinajstić information content (AvgIpc) is 3.85. The Morgan fingerprint density at radius 1 is 0.333 bits per heavy atom. The Hall–Kier alpha value is -7.94. The molecule has 2 heteroatoms. The number of fused-ring (bicyclic) bond motifs is 8. The van der Waals surface area contributed by atoms with Crippen molar-refractivity contribution in [1.29, 1.82) is 0 Å². The second-order valence-electron chi connectivity index (χ2n) is 17.2. The highest BCUT2D eigenvalue weighted by Crippen LogP contribution is 2.52. The van der Waals surface area contributed by atoms with Gasteiger partial charge in [0, 0.05) is 44.1 Å². The van der Waals surface area contributed by atoms with Crippen LogP contribution in [0, 0.1) is 0 Å². The van der Waals surface area contributed by atoms with Crippen LogP contribution in [0.25, 0.3) is 88.3 Å². The molecule has 1 aliphatic carbocycles. The zero-order valence-electron chi connectivity index (χ0n) is 35.2. The summed E-state index contributed by atoms with van der Waals surface area (Å²) in [5.74, 6) is 0. The molecule has 0 saturated carbocycles. The van der Waals surface area contributed by atoms with Gasteiger partial charge in [0.05, 0.1) is 5.69 Å². The van der Waals surface area contributed by atoms with Gasteiger partial charge in [0.25, 0.3) is 0 Å². The van der Waals surface area contributed by atoms with Gasteiger partial charge in [-0.2, -0.15) is 0 Å². The summed E-state index contributed by atoms with van der Waals surface area (Å²) in [6, 6.07) is 81.5. The molecule has 0 atom stereocenters. The Morgan fingerprint density at radius 2 is 0.921 bits per heavy atom. The third kappa shape index (κ3) is 6.02. The molecule has 0 bridgehead atoms. The van der Waals surface area contributed by atoms with Crippen molar-refractivity contribution in [2.24, 2.45) is 0 Å². The molecule has 0 fully saturated rings. The van der Waals surface area contributed by atoms with E-state index in [1.807, 2.05) is 0 Å². The maximum absolute atomic E-state index is 6.95. The van der Waals surface area contributed by atoms with Crippen LogP contribution in [0.1, 0.15) is 25.0 Å². The molecular weight excluding hydrogens is 763 g/mol. The number of furan rings is 1. The molecular formula is C61H43NO. The first kappa shape index (κ1) is 36.9. The quantitative estimate of drug-likeness (QED) is 0.160. The van der Waals surface area contributed by atoms with Gasteiger partial charge in [0.15, 0.2) is 0 Å². The first-order valence-corrected chi connectivity index (χ1v) is 21.8. The van der Waals surface area contributed by atoms with E-state index in [0.29, 0.717) is 0 Å². The van der Waals surface area contributed by atoms with Crippen LogP contribution in [0.4, 0.5) is 17.1 Å². The normalized spacial score (nSPS) is 12.7. The Kier molecular flexibility index (Phi) is 8.55. The molecule has 2 nitrogen and oxygen atoms in total. The summed E-state index contributed by atoms with van der Waals surface area (Å²) in [7, 11) is 0. The highest BCUT2D eigenvalue weighted by atomic mass is 16.3. The Morgan fingerprint density at radius 3 is 1.73 bits per heavy atom. The summed E-state index contributed by atoms with van der Waals surface area (Å²) in [5.41, 5.74) is 19.6. The molecule has 10 aromatic carbocycles. The van der Waals surface area contributed by atoms with Crippen LogP contribution in [0.3, 0.4) is 0 Å². The van der Waals surface area contributed by atoms with Crippen LogP contribution in [0.5, 0.6) is 0 Å². The van der Waals surface area contributed by atoms with E-state index in [1.165, 1.54) is 55.5 Å². The molecule has 12 rings (SSSR count). The Labute approximate surface area is 368 Å². The number of hydrogen-bond acceptors (Lipinski definition) is 2. The third-order valence-electron chi connectivity index (χ3n) is 13.3. The molecule has 11 aromatic rings. The van der Waals surface area contributed by atoms with Crippen LogP contribution in [0.2, 0.25) is 0 Å². The number of anilines is 3. The molecule has 1 aliphatic rings. The molecule has 0 spiro atoms.